The van der Waals surface area contributed by atoms with Gasteiger partial charge in [0.05, 0.1) is 18.8 Å². The van der Waals surface area contributed by atoms with Crippen LogP contribution in [0.3, 0.4) is 0 Å². The molecule has 0 bridgehead atoms. The normalized spacial score (nSPS) is 41.9. The number of hydrogen-bond donors (Lipinski definition) is 1. The monoisotopic (exact) mass is 337 g/mol. The molecule has 6 heteroatoms. The van der Waals surface area contributed by atoms with Crippen LogP contribution >= 0.6 is 0 Å². The Kier molecular flexibility index (Phi) is 4.47. The molecule has 4 fully saturated rings. The van der Waals surface area contributed by atoms with Crippen LogP contribution in [-0.2, 0) is 14.2 Å². The second-order valence-electron chi connectivity index (χ2n) is 8.14. The number of rotatable bonds is 2. The molecule has 3 heterocycles. The minimum atomic E-state index is 0.164. The van der Waals surface area contributed by atoms with E-state index in [1.54, 1.807) is 0 Å². The summed E-state index contributed by atoms with van der Waals surface area (Å²) in [7, 11) is 1.88. The molecule has 3 aliphatic heterocycles. The summed E-state index contributed by atoms with van der Waals surface area (Å²) in [6.07, 6.45) is 4.23. The van der Waals surface area contributed by atoms with Gasteiger partial charge in [-0.25, -0.2) is 0 Å². The number of morpholine rings is 1. The van der Waals surface area contributed by atoms with Gasteiger partial charge in [0, 0.05) is 50.7 Å². The lowest BCUT2D eigenvalue weighted by atomic mass is 9.57. The summed E-state index contributed by atoms with van der Waals surface area (Å²) in [6.45, 7) is 8.88. The molecule has 1 aliphatic carbocycles. The number of fused-ring (bicyclic) bond motifs is 1. The Bertz CT molecular complexity index is 490. The van der Waals surface area contributed by atoms with Crippen molar-refractivity contribution in [1.29, 1.82) is 0 Å². The minimum absolute atomic E-state index is 0.164. The first kappa shape index (κ1) is 16.6. The van der Waals surface area contributed by atoms with Crippen LogP contribution in [-0.4, -0.2) is 75.2 Å². The lowest BCUT2D eigenvalue weighted by molar-refractivity contribution is -0.109. The van der Waals surface area contributed by atoms with Crippen molar-refractivity contribution >= 4 is 5.96 Å². The quantitative estimate of drug-likeness (QED) is 0.607. The van der Waals surface area contributed by atoms with E-state index in [0.29, 0.717) is 18.1 Å². The third kappa shape index (κ3) is 2.72. The number of nitrogens with zero attached hydrogens (tertiary/aromatic N) is 2. The van der Waals surface area contributed by atoms with E-state index in [-0.39, 0.29) is 17.6 Å². The zero-order chi connectivity index (χ0) is 16.7. The summed E-state index contributed by atoms with van der Waals surface area (Å²) in [6, 6.07) is 0.438. The van der Waals surface area contributed by atoms with Gasteiger partial charge in [0.15, 0.2) is 5.96 Å². The van der Waals surface area contributed by atoms with Crippen LogP contribution in [0.2, 0.25) is 0 Å². The lowest BCUT2D eigenvalue weighted by Gasteiger charge is -2.55. The maximum absolute atomic E-state index is 5.97. The van der Waals surface area contributed by atoms with Crippen LogP contribution in [0.4, 0.5) is 0 Å². The van der Waals surface area contributed by atoms with Crippen molar-refractivity contribution in [1.82, 2.24) is 10.2 Å². The Morgan fingerprint density at radius 1 is 1.08 bits per heavy atom. The maximum Gasteiger partial charge on any atom is 0.194 e. The second kappa shape index (κ2) is 6.46. The van der Waals surface area contributed by atoms with Gasteiger partial charge in [-0.05, 0) is 19.3 Å². The van der Waals surface area contributed by atoms with E-state index in [1.807, 2.05) is 7.05 Å². The molecule has 4 rings (SSSR count). The lowest BCUT2D eigenvalue weighted by Crippen LogP contribution is -2.68. The van der Waals surface area contributed by atoms with Crippen LogP contribution in [0.25, 0.3) is 0 Å². The Labute approximate surface area is 144 Å². The summed E-state index contributed by atoms with van der Waals surface area (Å²) in [5, 5.41) is 3.75. The second-order valence-corrected chi connectivity index (χ2v) is 8.14. The smallest absolute Gasteiger partial charge is 0.194 e. The highest BCUT2D eigenvalue weighted by molar-refractivity contribution is 5.80. The highest BCUT2D eigenvalue weighted by Gasteiger charge is 2.59. The summed E-state index contributed by atoms with van der Waals surface area (Å²) < 4.78 is 17.7. The van der Waals surface area contributed by atoms with Gasteiger partial charge in [-0.3, -0.25) is 4.99 Å². The summed E-state index contributed by atoms with van der Waals surface area (Å²) in [5.74, 6) is 1.62. The maximum atomic E-state index is 5.97. The average molecular weight is 337 g/mol. The number of aliphatic imine (C=N–C) groups is 1. The van der Waals surface area contributed by atoms with Gasteiger partial charge < -0.3 is 24.4 Å². The Balaban J connectivity index is 1.40. The fourth-order valence-electron chi connectivity index (χ4n) is 5.04. The van der Waals surface area contributed by atoms with Crippen molar-refractivity contribution in [2.24, 2.45) is 16.3 Å². The first-order valence-electron chi connectivity index (χ1n) is 9.44. The molecule has 1 saturated carbocycles. The van der Waals surface area contributed by atoms with E-state index < -0.39 is 0 Å². The molecule has 0 aromatic rings. The highest BCUT2D eigenvalue weighted by atomic mass is 16.5. The van der Waals surface area contributed by atoms with Gasteiger partial charge in [0.2, 0.25) is 0 Å². The Morgan fingerprint density at radius 3 is 2.67 bits per heavy atom. The molecular weight excluding hydrogens is 306 g/mol. The van der Waals surface area contributed by atoms with E-state index in [9.17, 15) is 0 Å². The van der Waals surface area contributed by atoms with Crippen molar-refractivity contribution in [3.8, 4) is 0 Å². The van der Waals surface area contributed by atoms with E-state index in [0.717, 1.165) is 58.1 Å². The third-order valence-corrected chi connectivity index (χ3v) is 6.37. The van der Waals surface area contributed by atoms with E-state index in [2.05, 4.69) is 29.1 Å². The molecule has 0 amide bonds. The van der Waals surface area contributed by atoms with Gasteiger partial charge >= 0.3 is 0 Å². The molecule has 5 atom stereocenters. The molecule has 0 aromatic carbocycles. The number of hydrogen-bond acceptors (Lipinski definition) is 4. The fourth-order valence-corrected chi connectivity index (χ4v) is 5.04. The standard InChI is InChI=1S/C18H31N3O3/c1-18(2)15(12-6-9-24-16(12)18)20-17(19-3)21-7-10-23-14(11-21)13-5-4-8-22-13/h12-16H,4-11H2,1-3H3,(H,19,20). The van der Waals surface area contributed by atoms with Crippen LogP contribution < -0.4 is 5.32 Å². The van der Waals surface area contributed by atoms with Crippen molar-refractivity contribution in [2.45, 2.75) is 57.5 Å². The molecular formula is C18H31N3O3. The fraction of sp³-hybridized carbons (Fsp3) is 0.944. The molecule has 4 aliphatic rings. The van der Waals surface area contributed by atoms with Gasteiger partial charge in [0.25, 0.3) is 0 Å². The number of nitrogens with one attached hydrogen (secondary N) is 1. The average Bonchev–Trinajstić information content (AvgIpc) is 3.26. The zero-order valence-corrected chi connectivity index (χ0v) is 15.2. The van der Waals surface area contributed by atoms with E-state index in [1.165, 1.54) is 0 Å². The molecule has 6 nitrogen and oxygen atoms in total. The number of guanidine groups is 1. The van der Waals surface area contributed by atoms with Gasteiger partial charge in [-0.1, -0.05) is 13.8 Å². The van der Waals surface area contributed by atoms with Crippen molar-refractivity contribution < 1.29 is 14.2 Å². The molecule has 5 unspecified atom stereocenters. The van der Waals surface area contributed by atoms with Crippen molar-refractivity contribution in [2.75, 3.05) is 40.0 Å². The summed E-state index contributed by atoms with van der Waals surface area (Å²) in [5.41, 5.74) is 0.164. The van der Waals surface area contributed by atoms with Gasteiger partial charge in [-0.15, -0.1) is 0 Å². The predicted octanol–water partition coefficient (Wildman–Crippen LogP) is 1.26. The Hall–Kier alpha value is -0.850. The third-order valence-electron chi connectivity index (χ3n) is 6.37. The van der Waals surface area contributed by atoms with Gasteiger partial charge in [0.1, 0.15) is 6.10 Å². The molecule has 0 spiro atoms. The van der Waals surface area contributed by atoms with Crippen LogP contribution in [0.5, 0.6) is 0 Å². The molecule has 136 valence electrons. The van der Waals surface area contributed by atoms with Gasteiger partial charge in [-0.2, -0.15) is 0 Å². The zero-order valence-electron chi connectivity index (χ0n) is 15.2. The van der Waals surface area contributed by atoms with Crippen molar-refractivity contribution in [3.63, 3.8) is 0 Å². The molecule has 24 heavy (non-hydrogen) atoms. The van der Waals surface area contributed by atoms with Crippen LogP contribution in [0.15, 0.2) is 4.99 Å². The molecule has 0 radical (unpaired) electrons. The summed E-state index contributed by atoms with van der Waals surface area (Å²) in [4.78, 5) is 6.91. The molecule has 1 N–H and O–H groups in total. The molecule has 3 saturated heterocycles. The van der Waals surface area contributed by atoms with Crippen LogP contribution in [0, 0.1) is 11.3 Å². The first-order chi connectivity index (χ1) is 11.6. The highest BCUT2D eigenvalue weighted by Crippen LogP contribution is 2.52. The summed E-state index contributed by atoms with van der Waals surface area (Å²) >= 11 is 0. The largest absolute Gasteiger partial charge is 0.377 e. The topological polar surface area (TPSA) is 55.3 Å². The van der Waals surface area contributed by atoms with E-state index >= 15 is 0 Å². The Morgan fingerprint density at radius 2 is 1.92 bits per heavy atom. The molecule has 0 aromatic heterocycles. The first-order valence-corrected chi connectivity index (χ1v) is 9.44. The number of ether oxygens (including phenoxy) is 3. The van der Waals surface area contributed by atoms with Crippen LogP contribution in [0.1, 0.15) is 33.1 Å². The SMILES string of the molecule is CN=C(NC1C2CCOC2C1(C)C)N1CCOC(C2CCCO2)C1. The predicted molar refractivity (Wildman–Crippen MR) is 92.2 cm³/mol. The van der Waals surface area contributed by atoms with E-state index in [4.69, 9.17) is 14.2 Å². The van der Waals surface area contributed by atoms with Crippen molar-refractivity contribution in [3.05, 3.63) is 0 Å². The minimum Gasteiger partial charge on any atom is -0.377 e.